The molecule has 0 saturated carbocycles. The van der Waals surface area contributed by atoms with Crippen molar-refractivity contribution in [2.24, 2.45) is 0 Å². The normalized spacial score (nSPS) is 13.0. The topological polar surface area (TPSA) is 25.8 Å². The van der Waals surface area contributed by atoms with Crippen molar-refractivity contribution in [2.75, 3.05) is 0 Å². The van der Waals surface area contributed by atoms with Crippen LogP contribution in [0.2, 0.25) is 0 Å². The fourth-order valence-corrected chi connectivity index (χ4v) is 3.58. The fourth-order valence-electron chi connectivity index (χ4n) is 3.58. The van der Waals surface area contributed by atoms with Crippen molar-refractivity contribution in [3.63, 3.8) is 0 Å². The fraction of sp³-hybridized carbons (Fsp3) is 0.304. The molecule has 1 aliphatic carbocycles. The van der Waals surface area contributed by atoms with E-state index >= 15 is 0 Å². The van der Waals surface area contributed by atoms with Gasteiger partial charge in [0.1, 0.15) is 5.82 Å². The molecule has 1 aromatic heterocycles. The second-order valence-electron chi connectivity index (χ2n) is 7.19. The van der Waals surface area contributed by atoms with E-state index in [0.29, 0.717) is 0 Å². The molecule has 0 atom stereocenters. The molecule has 0 N–H and O–H groups in total. The lowest BCUT2D eigenvalue weighted by molar-refractivity contribution is 0.874. The van der Waals surface area contributed by atoms with Crippen LogP contribution < -0.4 is 0 Å². The van der Waals surface area contributed by atoms with E-state index in [2.05, 4.69) is 62.4 Å². The highest BCUT2D eigenvalue weighted by atomic mass is 14.9. The molecule has 0 bridgehead atoms. The minimum Gasteiger partial charge on any atom is -0.237 e. The van der Waals surface area contributed by atoms with Crippen LogP contribution in [0.4, 0.5) is 0 Å². The number of nitrogens with zero attached hydrogens (tertiary/aromatic N) is 2. The molecule has 0 radical (unpaired) electrons. The van der Waals surface area contributed by atoms with Crippen molar-refractivity contribution in [3.05, 3.63) is 93.6 Å². The second-order valence-corrected chi connectivity index (χ2v) is 7.19. The van der Waals surface area contributed by atoms with Gasteiger partial charge in [-0.15, -0.1) is 0 Å². The summed E-state index contributed by atoms with van der Waals surface area (Å²) in [6.07, 6.45) is 5.15. The van der Waals surface area contributed by atoms with Crippen LogP contribution in [0.1, 0.15) is 51.5 Å². The van der Waals surface area contributed by atoms with E-state index in [-0.39, 0.29) is 0 Å². The first-order valence-corrected chi connectivity index (χ1v) is 9.16. The van der Waals surface area contributed by atoms with Crippen LogP contribution >= 0.6 is 0 Å². The maximum atomic E-state index is 4.97. The summed E-state index contributed by atoms with van der Waals surface area (Å²) in [7, 11) is 0. The molecule has 1 aliphatic rings. The van der Waals surface area contributed by atoms with Gasteiger partial charge in [0.2, 0.25) is 0 Å². The maximum Gasteiger partial charge on any atom is 0.133 e. The Morgan fingerprint density at radius 2 is 1.32 bits per heavy atom. The van der Waals surface area contributed by atoms with Gasteiger partial charge in [0.25, 0.3) is 0 Å². The zero-order valence-electron chi connectivity index (χ0n) is 15.0. The van der Waals surface area contributed by atoms with Crippen molar-refractivity contribution in [1.29, 1.82) is 0 Å². The molecule has 1 heterocycles. The first-order valence-electron chi connectivity index (χ1n) is 9.16. The lowest BCUT2D eigenvalue weighted by Gasteiger charge is -2.11. The highest BCUT2D eigenvalue weighted by Gasteiger charge is 2.19. The molecule has 0 fully saturated rings. The van der Waals surface area contributed by atoms with Crippen molar-refractivity contribution in [2.45, 2.75) is 46.0 Å². The standard InChI is InChI=1S/C23H24N2/c1-16-6-10-18(11-7-16)14-22-20-4-3-5-21(20)24-23(25-22)15-19-12-8-17(2)9-13-19/h6-13H,3-5,14-15H2,1-2H3. The minimum atomic E-state index is 0.814. The van der Waals surface area contributed by atoms with Crippen molar-refractivity contribution in [3.8, 4) is 0 Å². The number of hydrogen-bond donors (Lipinski definition) is 0. The van der Waals surface area contributed by atoms with Gasteiger partial charge in [-0.2, -0.15) is 0 Å². The Morgan fingerprint density at radius 3 is 1.96 bits per heavy atom. The van der Waals surface area contributed by atoms with E-state index in [0.717, 1.165) is 31.5 Å². The summed E-state index contributed by atoms with van der Waals surface area (Å²) in [6.45, 7) is 4.25. The molecule has 0 amide bonds. The number of benzene rings is 2. The molecular formula is C23H24N2. The Labute approximate surface area is 150 Å². The lowest BCUT2D eigenvalue weighted by atomic mass is 10.0. The Kier molecular flexibility index (Phi) is 4.35. The summed E-state index contributed by atoms with van der Waals surface area (Å²) in [4.78, 5) is 9.84. The summed E-state index contributed by atoms with van der Waals surface area (Å²) < 4.78 is 0. The predicted molar refractivity (Wildman–Crippen MR) is 102 cm³/mol. The zero-order chi connectivity index (χ0) is 17.2. The van der Waals surface area contributed by atoms with Gasteiger partial charge in [-0.1, -0.05) is 59.7 Å². The number of fused-ring (bicyclic) bond motifs is 1. The Morgan fingerprint density at radius 1 is 0.720 bits per heavy atom. The van der Waals surface area contributed by atoms with Gasteiger partial charge in [0.05, 0.1) is 5.69 Å². The van der Waals surface area contributed by atoms with E-state index in [1.165, 1.54) is 45.6 Å². The molecule has 126 valence electrons. The molecule has 2 nitrogen and oxygen atoms in total. The largest absolute Gasteiger partial charge is 0.237 e. The van der Waals surface area contributed by atoms with E-state index < -0.39 is 0 Å². The third-order valence-electron chi connectivity index (χ3n) is 5.04. The van der Waals surface area contributed by atoms with Gasteiger partial charge in [-0.25, -0.2) is 9.97 Å². The molecule has 25 heavy (non-hydrogen) atoms. The molecule has 0 aliphatic heterocycles. The molecular weight excluding hydrogens is 304 g/mol. The molecule has 2 heteroatoms. The first kappa shape index (κ1) is 16.0. The maximum absolute atomic E-state index is 4.97. The summed E-state index contributed by atoms with van der Waals surface area (Å²) in [5.74, 6) is 0.964. The van der Waals surface area contributed by atoms with Gasteiger partial charge >= 0.3 is 0 Å². The molecule has 0 spiro atoms. The summed E-state index contributed by atoms with van der Waals surface area (Å²) in [5, 5.41) is 0. The van der Waals surface area contributed by atoms with Crippen LogP contribution in [0, 0.1) is 13.8 Å². The third-order valence-corrected chi connectivity index (χ3v) is 5.04. The van der Waals surface area contributed by atoms with Crippen LogP contribution in [-0.2, 0) is 25.7 Å². The van der Waals surface area contributed by atoms with Crippen LogP contribution in [-0.4, -0.2) is 9.97 Å². The van der Waals surface area contributed by atoms with Crippen molar-refractivity contribution >= 4 is 0 Å². The molecule has 0 saturated heterocycles. The molecule has 2 aromatic carbocycles. The van der Waals surface area contributed by atoms with Gasteiger partial charge in [-0.3, -0.25) is 0 Å². The lowest BCUT2D eigenvalue weighted by Crippen LogP contribution is -2.07. The first-order chi connectivity index (χ1) is 12.2. The van der Waals surface area contributed by atoms with E-state index in [4.69, 9.17) is 9.97 Å². The van der Waals surface area contributed by atoms with Crippen molar-refractivity contribution in [1.82, 2.24) is 9.97 Å². The van der Waals surface area contributed by atoms with Gasteiger partial charge in [0, 0.05) is 18.5 Å². The summed E-state index contributed by atoms with van der Waals surface area (Å²) >= 11 is 0. The predicted octanol–water partition coefficient (Wildman–Crippen LogP) is 4.76. The van der Waals surface area contributed by atoms with Gasteiger partial charge < -0.3 is 0 Å². The highest BCUT2D eigenvalue weighted by Crippen LogP contribution is 2.25. The number of aryl methyl sites for hydroxylation is 3. The second kappa shape index (κ2) is 6.79. The Balaban J connectivity index is 1.65. The Bertz CT molecular complexity index is 877. The Hall–Kier alpha value is -2.48. The van der Waals surface area contributed by atoms with Crippen LogP contribution in [0.15, 0.2) is 48.5 Å². The van der Waals surface area contributed by atoms with Crippen LogP contribution in [0.3, 0.4) is 0 Å². The number of hydrogen-bond acceptors (Lipinski definition) is 2. The zero-order valence-corrected chi connectivity index (χ0v) is 15.0. The SMILES string of the molecule is Cc1ccc(Cc2nc3c(c(Cc4ccc(C)cc4)n2)CCC3)cc1. The van der Waals surface area contributed by atoms with E-state index in [9.17, 15) is 0 Å². The minimum absolute atomic E-state index is 0.814. The summed E-state index contributed by atoms with van der Waals surface area (Å²) in [5.41, 5.74) is 9.11. The highest BCUT2D eigenvalue weighted by molar-refractivity contribution is 5.35. The van der Waals surface area contributed by atoms with Crippen LogP contribution in [0.25, 0.3) is 0 Å². The molecule has 3 aromatic rings. The smallest absolute Gasteiger partial charge is 0.133 e. The quantitative estimate of drug-likeness (QED) is 0.690. The van der Waals surface area contributed by atoms with E-state index in [1.807, 2.05) is 0 Å². The summed E-state index contributed by atoms with van der Waals surface area (Å²) in [6, 6.07) is 17.5. The van der Waals surface area contributed by atoms with Gasteiger partial charge in [-0.05, 0) is 49.8 Å². The third kappa shape index (κ3) is 3.63. The average Bonchev–Trinajstić information content (AvgIpc) is 3.08. The van der Waals surface area contributed by atoms with E-state index in [1.54, 1.807) is 0 Å². The van der Waals surface area contributed by atoms with Crippen molar-refractivity contribution < 1.29 is 0 Å². The number of aromatic nitrogens is 2. The molecule has 4 rings (SSSR count). The average molecular weight is 328 g/mol. The molecule has 0 unspecified atom stereocenters. The monoisotopic (exact) mass is 328 g/mol. The van der Waals surface area contributed by atoms with Gasteiger partial charge in [0.15, 0.2) is 0 Å². The number of rotatable bonds is 4. The van der Waals surface area contributed by atoms with Crippen LogP contribution in [0.5, 0.6) is 0 Å².